The minimum absolute atomic E-state index is 0.139. The van der Waals surface area contributed by atoms with Gasteiger partial charge in [-0.15, -0.1) is 6.58 Å². The van der Waals surface area contributed by atoms with Crippen molar-refractivity contribution in [2.45, 2.75) is 27.3 Å². The Bertz CT molecular complexity index is 1380. The molecule has 0 saturated carbocycles. The third-order valence-corrected chi connectivity index (χ3v) is 5.24. The van der Waals surface area contributed by atoms with Crippen molar-refractivity contribution in [3.8, 4) is 11.4 Å². The standard InChI is InChI=1S/C21H23N5O3/c1-6-12-24-19(27)17-18(23(5)21(24)28)22-20-25(13(3)14(4)26(17)20)15-10-8-9-11-16(15)29-7-2/h6,8-11H,1,7,12H2,2-5H3. The second-order valence-corrected chi connectivity index (χ2v) is 6.87. The molecule has 0 aliphatic carbocycles. The number of hydrogen-bond donors (Lipinski definition) is 0. The Morgan fingerprint density at radius 1 is 1.17 bits per heavy atom. The molecule has 0 amide bonds. The van der Waals surface area contributed by atoms with Crippen molar-refractivity contribution in [2.75, 3.05) is 6.61 Å². The molecule has 1 aromatic carbocycles. The first-order valence-electron chi connectivity index (χ1n) is 9.45. The molecule has 4 aromatic rings. The Hall–Kier alpha value is -3.55. The van der Waals surface area contributed by atoms with Crippen LogP contribution in [0.25, 0.3) is 22.6 Å². The number of allylic oxidation sites excluding steroid dienone is 1. The van der Waals surface area contributed by atoms with Gasteiger partial charge in [-0.3, -0.25) is 22.9 Å². The van der Waals surface area contributed by atoms with Crippen molar-refractivity contribution in [3.05, 3.63) is 69.1 Å². The zero-order valence-electron chi connectivity index (χ0n) is 17.0. The normalized spacial score (nSPS) is 11.4. The van der Waals surface area contributed by atoms with Crippen molar-refractivity contribution < 1.29 is 4.74 Å². The summed E-state index contributed by atoms with van der Waals surface area (Å²) in [4.78, 5) is 30.5. The summed E-state index contributed by atoms with van der Waals surface area (Å²) >= 11 is 0. The minimum atomic E-state index is -0.418. The van der Waals surface area contributed by atoms with Crippen LogP contribution >= 0.6 is 0 Å². The number of imidazole rings is 2. The first-order chi connectivity index (χ1) is 13.9. The van der Waals surface area contributed by atoms with E-state index < -0.39 is 5.69 Å². The fourth-order valence-corrected chi connectivity index (χ4v) is 3.75. The van der Waals surface area contributed by atoms with Crippen molar-refractivity contribution in [2.24, 2.45) is 7.05 Å². The smallest absolute Gasteiger partial charge is 0.332 e. The molecule has 0 aliphatic heterocycles. The molecule has 0 N–H and O–H groups in total. The van der Waals surface area contributed by atoms with Gasteiger partial charge in [-0.1, -0.05) is 18.2 Å². The first-order valence-corrected chi connectivity index (χ1v) is 9.45. The van der Waals surface area contributed by atoms with E-state index >= 15 is 0 Å². The van der Waals surface area contributed by atoms with Crippen LogP contribution < -0.4 is 16.0 Å². The lowest BCUT2D eigenvalue weighted by atomic mass is 10.2. The van der Waals surface area contributed by atoms with E-state index in [-0.39, 0.29) is 12.1 Å². The molecule has 29 heavy (non-hydrogen) atoms. The largest absolute Gasteiger partial charge is 0.492 e. The van der Waals surface area contributed by atoms with Crippen LogP contribution in [0.5, 0.6) is 5.75 Å². The summed E-state index contributed by atoms with van der Waals surface area (Å²) in [5, 5.41) is 0. The van der Waals surface area contributed by atoms with Gasteiger partial charge in [-0.2, -0.15) is 4.98 Å². The minimum Gasteiger partial charge on any atom is -0.492 e. The van der Waals surface area contributed by atoms with Gasteiger partial charge < -0.3 is 4.74 Å². The van der Waals surface area contributed by atoms with Gasteiger partial charge in [-0.25, -0.2) is 4.79 Å². The number of benzene rings is 1. The van der Waals surface area contributed by atoms with Crippen LogP contribution in [-0.4, -0.2) is 29.7 Å². The van der Waals surface area contributed by atoms with E-state index in [4.69, 9.17) is 9.72 Å². The summed E-state index contributed by atoms with van der Waals surface area (Å²) in [6.45, 7) is 10.2. The molecular weight excluding hydrogens is 370 g/mol. The Morgan fingerprint density at radius 2 is 1.90 bits per heavy atom. The van der Waals surface area contributed by atoms with E-state index in [2.05, 4.69) is 6.58 Å². The van der Waals surface area contributed by atoms with Crippen LogP contribution in [0, 0.1) is 13.8 Å². The summed E-state index contributed by atoms with van der Waals surface area (Å²) in [6, 6.07) is 7.70. The molecule has 3 heterocycles. The number of ether oxygens (including phenoxy) is 1. The Balaban J connectivity index is 2.19. The average Bonchev–Trinajstić information content (AvgIpc) is 3.20. The number of hydrogen-bond acceptors (Lipinski definition) is 4. The molecule has 0 atom stereocenters. The van der Waals surface area contributed by atoms with Crippen LogP contribution in [0.2, 0.25) is 0 Å². The maximum Gasteiger partial charge on any atom is 0.332 e. The van der Waals surface area contributed by atoms with Gasteiger partial charge in [0.1, 0.15) is 5.75 Å². The van der Waals surface area contributed by atoms with E-state index in [1.807, 2.05) is 54.0 Å². The van der Waals surface area contributed by atoms with Crippen LogP contribution in [0.1, 0.15) is 18.3 Å². The SMILES string of the molecule is C=CCn1c(=O)c2c(nc3n(-c4ccccc4OCC)c(C)c(C)n23)n(C)c1=O. The quantitative estimate of drug-likeness (QED) is 0.488. The van der Waals surface area contributed by atoms with Gasteiger partial charge in [0, 0.05) is 25.0 Å². The van der Waals surface area contributed by atoms with Gasteiger partial charge >= 0.3 is 5.69 Å². The molecule has 0 spiro atoms. The van der Waals surface area contributed by atoms with E-state index in [0.29, 0.717) is 23.5 Å². The molecule has 0 unspecified atom stereocenters. The average molecular weight is 393 g/mol. The fourth-order valence-electron chi connectivity index (χ4n) is 3.75. The van der Waals surface area contributed by atoms with Gasteiger partial charge in [-0.05, 0) is 32.9 Å². The van der Waals surface area contributed by atoms with Crippen molar-refractivity contribution in [3.63, 3.8) is 0 Å². The van der Waals surface area contributed by atoms with Crippen LogP contribution in [0.4, 0.5) is 0 Å². The maximum absolute atomic E-state index is 13.2. The van der Waals surface area contributed by atoms with E-state index in [9.17, 15) is 9.59 Å². The molecule has 0 saturated heterocycles. The molecule has 4 rings (SSSR count). The lowest BCUT2D eigenvalue weighted by molar-refractivity contribution is 0.339. The van der Waals surface area contributed by atoms with E-state index in [0.717, 1.165) is 22.8 Å². The maximum atomic E-state index is 13.2. The second kappa shape index (κ2) is 6.80. The van der Waals surface area contributed by atoms with Crippen LogP contribution in [0.15, 0.2) is 46.5 Å². The highest BCUT2D eigenvalue weighted by atomic mass is 16.5. The molecular formula is C21H23N5O3. The Labute approximate surface area is 166 Å². The number of aromatic nitrogens is 5. The molecule has 8 nitrogen and oxygen atoms in total. The van der Waals surface area contributed by atoms with Crippen molar-refractivity contribution in [1.82, 2.24) is 23.1 Å². The van der Waals surface area contributed by atoms with Gasteiger partial charge in [0.05, 0.1) is 12.3 Å². The highest BCUT2D eigenvalue weighted by Crippen LogP contribution is 2.29. The highest BCUT2D eigenvalue weighted by Gasteiger charge is 2.24. The molecule has 150 valence electrons. The summed E-state index contributed by atoms with van der Waals surface area (Å²) in [5.74, 6) is 1.28. The summed E-state index contributed by atoms with van der Waals surface area (Å²) in [7, 11) is 1.62. The number of rotatable bonds is 5. The van der Waals surface area contributed by atoms with Crippen LogP contribution in [0.3, 0.4) is 0 Å². The monoisotopic (exact) mass is 393 g/mol. The number of fused-ring (bicyclic) bond motifs is 3. The van der Waals surface area contributed by atoms with E-state index in [1.54, 1.807) is 7.05 Å². The second-order valence-electron chi connectivity index (χ2n) is 6.87. The Kier molecular flexibility index (Phi) is 4.41. The third-order valence-electron chi connectivity index (χ3n) is 5.24. The third kappa shape index (κ3) is 2.55. The number of nitrogens with zero attached hydrogens (tertiary/aromatic N) is 5. The summed E-state index contributed by atoms with van der Waals surface area (Å²) in [6.07, 6.45) is 1.54. The van der Waals surface area contributed by atoms with Crippen molar-refractivity contribution >= 4 is 16.9 Å². The first kappa shape index (κ1) is 18.8. The van der Waals surface area contributed by atoms with Gasteiger partial charge in [0.2, 0.25) is 5.78 Å². The predicted octanol–water partition coefficient (Wildman–Crippen LogP) is 2.34. The topological polar surface area (TPSA) is 75.5 Å². The summed E-state index contributed by atoms with van der Waals surface area (Å²) < 4.78 is 12.2. The van der Waals surface area contributed by atoms with E-state index in [1.165, 1.54) is 15.2 Å². The van der Waals surface area contributed by atoms with Crippen molar-refractivity contribution in [1.29, 1.82) is 0 Å². The van der Waals surface area contributed by atoms with Gasteiger partial charge in [0.25, 0.3) is 5.56 Å². The lowest BCUT2D eigenvalue weighted by Gasteiger charge is -2.12. The molecule has 0 radical (unpaired) electrons. The summed E-state index contributed by atoms with van der Waals surface area (Å²) in [5.41, 5.74) is 2.56. The van der Waals surface area contributed by atoms with Crippen LogP contribution in [-0.2, 0) is 13.6 Å². The zero-order chi connectivity index (χ0) is 20.9. The molecule has 0 fully saturated rings. The number of para-hydroxylation sites is 2. The molecule has 8 heteroatoms. The zero-order valence-corrected chi connectivity index (χ0v) is 17.0. The predicted molar refractivity (Wildman–Crippen MR) is 112 cm³/mol. The molecule has 0 aliphatic rings. The number of aryl methyl sites for hydroxylation is 2. The molecule has 0 bridgehead atoms. The van der Waals surface area contributed by atoms with Gasteiger partial charge in [0.15, 0.2) is 11.2 Å². The Morgan fingerprint density at radius 3 is 2.59 bits per heavy atom. The lowest BCUT2D eigenvalue weighted by Crippen LogP contribution is -2.39. The highest BCUT2D eigenvalue weighted by molar-refractivity contribution is 5.77. The fraction of sp³-hybridized carbons (Fsp3) is 0.286. The molecule has 3 aromatic heterocycles.